The maximum absolute atomic E-state index is 12.5. The van der Waals surface area contributed by atoms with Crippen molar-refractivity contribution in [1.82, 2.24) is 4.90 Å². The van der Waals surface area contributed by atoms with Crippen molar-refractivity contribution in [3.63, 3.8) is 0 Å². The Hall–Kier alpha value is 0.810. The Morgan fingerprint density at radius 1 is 1.35 bits per heavy atom. The number of halogens is 3. The summed E-state index contributed by atoms with van der Waals surface area (Å²) in [7, 11) is 2.02. The molecule has 134 valence electrons. The van der Waals surface area contributed by atoms with Gasteiger partial charge in [0.25, 0.3) is 3.98 Å². The van der Waals surface area contributed by atoms with E-state index in [0.29, 0.717) is 17.1 Å². The van der Waals surface area contributed by atoms with Crippen LogP contribution < -0.4 is 0 Å². The summed E-state index contributed by atoms with van der Waals surface area (Å²) in [6.07, 6.45) is 5.98. The van der Waals surface area contributed by atoms with Crippen molar-refractivity contribution in [2.75, 3.05) is 26.0 Å². The molecular weight excluding hydrogens is 377 g/mol. The van der Waals surface area contributed by atoms with E-state index in [-0.39, 0.29) is 18.4 Å². The molecule has 4 atom stereocenters. The maximum Gasteiger partial charge on any atom is 0.297 e. The third-order valence-corrected chi connectivity index (χ3v) is 6.97. The number of thioether (sulfide) groups is 1. The summed E-state index contributed by atoms with van der Waals surface area (Å²) < 4.78 is 3.21. The number of ether oxygens (including phenoxy) is 1. The number of hydrogen-bond donors (Lipinski definition) is 0. The first-order valence-electron chi connectivity index (χ1n) is 8.37. The van der Waals surface area contributed by atoms with Crippen LogP contribution in [0.25, 0.3) is 0 Å². The fourth-order valence-corrected chi connectivity index (χ4v) is 5.54. The number of ketones is 1. The standard InChI is InChI=1S/C16H26Cl3NO2S/c1-3-7-23-15-6-4-5-11-9-20(2)13(8-12(11)15)14(21)10-22-16(17,18)19/h11-13,15H,3-10H2,1-2H3/t11-,12+,13+,15-/m1/s1. The smallest absolute Gasteiger partial charge is 0.297 e. The van der Waals surface area contributed by atoms with Crippen LogP contribution in [-0.2, 0) is 9.53 Å². The van der Waals surface area contributed by atoms with E-state index < -0.39 is 3.98 Å². The number of carbonyl (C=O) groups excluding carboxylic acids is 1. The molecule has 3 nitrogen and oxygen atoms in total. The number of rotatable bonds is 6. The summed E-state index contributed by atoms with van der Waals surface area (Å²) in [4.78, 5) is 14.7. The minimum Gasteiger partial charge on any atom is -0.326 e. The monoisotopic (exact) mass is 401 g/mol. The second-order valence-electron chi connectivity index (χ2n) is 6.66. The average molecular weight is 403 g/mol. The predicted molar refractivity (Wildman–Crippen MR) is 99.7 cm³/mol. The second kappa shape index (κ2) is 8.95. The topological polar surface area (TPSA) is 29.5 Å². The van der Waals surface area contributed by atoms with Crippen LogP contribution in [0.3, 0.4) is 0 Å². The van der Waals surface area contributed by atoms with E-state index in [1.54, 1.807) is 0 Å². The number of likely N-dealkylation sites (N-methyl/N-ethyl adjacent to an activating group) is 1. The third-order valence-electron chi connectivity index (χ3n) is 4.98. The number of alkyl halides is 3. The van der Waals surface area contributed by atoms with E-state index >= 15 is 0 Å². The van der Waals surface area contributed by atoms with E-state index in [2.05, 4.69) is 23.6 Å². The highest BCUT2D eigenvalue weighted by Gasteiger charge is 2.42. The van der Waals surface area contributed by atoms with Crippen molar-refractivity contribution < 1.29 is 9.53 Å². The van der Waals surface area contributed by atoms with Crippen molar-refractivity contribution >= 4 is 52.3 Å². The molecule has 0 aromatic carbocycles. The minimum atomic E-state index is -1.82. The van der Waals surface area contributed by atoms with E-state index in [4.69, 9.17) is 39.5 Å². The molecule has 0 spiro atoms. The van der Waals surface area contributed by atoms with Gasteiger partial charge >= 0.3 is 0 Å². The fourth-order valence-electron chi connectivity index (χ4n) is 3.92. The molecule has 1 saturated heterocycles. The van der Waals surface area contributed by atoms with Gasteiger partial charge in [0.1, 0.15) is 6.61 Å². The average Bonchev–Trinajstić information content (AvgIpc) is 2.49. The number of fused-ring (bicyclic) bond motifs is 1. The largest absolute Gasteiger partial charge is 0.326 e. The van der Waals surface area contributed by atoms with Gasteiger partial charge in [-0.1, -0.05) is 48.1 Å². The molecule has 7 heteroatoms. The molecule has 0 radical (unpaired) electrons. The number of likely N-dealkylation sites (tertiary alicyclic amines) is 1. The molecular formula is C16H26Cl3NO2S. The number of hydrogen-bond acceptors (Lipinski definition) is 4. The van der Waals surface area contributed by atoms with E-state index in [1.165, 1.54) is 31.4 Å². The summed E-state index contributed by atoms with van der Waals surface area (Å²) in [5.41, 5.74) is 0. The molecule has 23 heavy (non-hydrogen) atoms. The van der Waals surface area contributed by atoms with Gasteiger partial charge in [-0.15, -0.1) is 0 Å². The zero-order valence-electron chi connectivity index (χ0n) is 13.8. The Morgan fingerprint density at radius 3 is 2.74 bits per heavy atom. The van der Waals surface area contributed by atoms with Crippen LogP contribution in [-0.4, -0.2) is 51.9 Å². The Labute approximate surface area is 158 Å². The first-order chi connectivity index (χ1) is 10.8. The summed E-state index contributed by atoms with van der Waals surface area (Å²) in [5.74, 6) is 2.56. The Balaban J connectivity index is 1.97. The molecule has 0 N–H and O–H groups in total. The zero-order valence-corrected chi connectivity index (χ0v) is 16.9. The fraction of sp³-hybridized carbons (Fsp3) is 0.938. The van der Waals surface area contributed by atoms with Crippen molar-refractivity contribution in [1.29, 1.82) is 0 Å². The lowest BCUT2D eigenvalue weighted by Crippen LogP contribution is -2.53. The van der Waals surface area contributed by atoms with Crippen LogP contribution in [0.2, 0.25) is 0 Å². The summed E-state index contributed by atoms with van der Waals surface area (Å²) in [6.45, 7) is 3.07. The molecule has 0 bridgehead atoms. The zero-order chi connectivity index (χ0) is 17.0. The van der Waals surface area contributed by atoms with Crippen molar-refractivity contribution in [3.05, 3.63) is 0 Å². The van der Waals surface area contributed by atoms with Crippen LogP contribution in [0.4, 0.5) is 0 Å². The highest BCUT2D eigenvalue weighted by atomic mass is 35.6. The second-order valence-corrected chi connectivity index (χ2v) is 10.2. The van der Waals surface area contributed by atoms with Gasteiger partial charge in [0, 0.05) is 11.8 Å². The Bertz CT molecular complexity index is 405. The van der Waals surface area contributed by atoms with Gasteiger partial charge in [-0.2, -0.15) is 11.8 Å². The van der Waals surface area contributed by atoms with Gasteiger partial charge in [-0.05, 0) is 50.3 Å². The van der Waals surface area contributed by atoms with Crippen molar-refractivity contribution in [3.8, 4) is 0 Å². The minimum absolute atomic E-state index is 0.0158. The van der Waals surface area contributed by atoms with E-state index in [9.17, 15) is 4.79 Å². The normalized spacial score (nSPS) is 32.6. The number of Topliss-reactive ketones (excluding diaryl/α,β-unsaturated/α-hetero) is 1. The van der Waals surface area contributed by atoms with Crippen LogP contribution >= 0.6 is 46.6 Å². The first-order valence-corrected chi connectivity index (χ1v) is 10.5. The first kappa shape index (κ1) is 20.1. The van der Waals surface area contributed by atoms with Gasteiger partial charge in [0.05, 0.1) is 6.04 Å². The molecule has 2 rings (SSSR count). The summed E-state index contributed by atoms with van der Waals surface area (Å²) >= 11 is 18.8. The number of piperidine rings is 1. The lowest BCUT2D eigenvalue weighted by atomic mass is 9.72. The summed E-state index contributed by atoms with van der Waals surface area (Å²) in [5, 5.41) is 0.687. The highest BCUT2D eigenvalue weighted by Crippen LogP contribution is 2.43. The molecule has 1 aliphatic carbocycles. The van der Waals surface area contributed by atoms with Gasteiger partial charge in [-0.25, -0.2) is 0 Å². The quantitative estimate of drug-likeness (QED) is 0.610. The molecule has 0 aromatic rings. The lowest BCUT2D eigenvalue weighted by Gasteiger charge is -2.47. The van der Waals surface area contributed by atoms with Crippen LogP contribution in [0, 0.1) is 11.8 Å². The Morgan fingerprint density at radius 2 is 2.09 bits per heavy atom. The maximum atomic E-state index is 12.5. The van der Waals surface area contributed by atoms with Crippen LogP contribution in [0.15, 0.2) is 0 Å². The third kappa shape index (κ3) is 5.93. The highest BCUT2D eigenvalue weighted by molar-refractivity contribution is 7.99. The molecule has 2 aliphatic rings. The SMILES string of the molecule is CCCS[C@@H]1CCC[C@@H]2CN(C)[C@H](C(=O)COC(Cl)(Cl)Cl)C[C@@H]21. The van der Waals surface area contributed by atoms with E-state index in [0.717, 1.165) is 13.0 Å². The molecule has 0 amide bonds. The molecule has 1 heterocycles. The molecule has 2 fully saturated rings. The molecule has 1 saturated carbocycles. The predicted octanol–water partition coefficient (Wildman–Crippen LogP) is 4.53. The number of nitrogens with zero attached hydrogens (tertiary/aromatic N) is 1. The molecule has 0 unspecified atom stereocenters. The van der Waals surface area contributed by atoms with Gasteiger partial charge in [0.15, 0.2) is 5.78 Å². The Kier molecular flexibility index (Phi) is 7.84. The van der Waals surface area contributed by atoms with Crippen LogP contribution in [0.1, 0.15) is 39.0 Å². The van der Waals surface area contributed by atoms with Crippen molar-refractivity contribution in [2.24, 2.45) is 11.8 Å². The molecule has 1 aliphatic heterocycles. The van der Waals surface area contributed by atoms with Gasteiger partial charge < -0.3 is 4.74 Å². The van der Waals surface area contributed by atoms with Gasteiger partial charge in [0.2, 0.25) is 0 Å². The molecule has 0 aromatic heterocycles. The number of carbonyl (C=O) groups is 1. The van der Waals surface area contributed by atoms with Gasteiger partial charge in [-0.3, -0.25) is 9.69 Å². The summed E-state index contributed by atoms with van der Waals surface area (Å²) in [6, 6.07) is -0.119. The van der Waals surface area contributed by atoms with E-state index in [1.807, 2.05) is 7.05 Å². The van der Waals surface area contributed by atoms with Crippen LogP contribution in [0.5, 0.6) is 0 Å². The lowest BCUT2D eigenvalue weighted by molar-refractivity contribution is -0.131. The van der Waals surface area contributed by atoms with Crippen molar-refractivity contribution in [2.45, 2.75) is 54.3 Å².